The maximum atomic E-state index is 12.9. The van der Waals surface area contributed by atoms with E-state index in [2.05, 4.69) is 184 Å². The van der Waals surface area contributed by atoms with Crippen molar-refractivity contribution in [3.8, 4) is 0 Å². The number of allylic oxidation sites excluding steroid dienone is 28. The number of carbonyl (C=O) groups excluding carboxylic acids is 2. The molecular weight excluding hydrogens is 1090 g/mol. The van der Waals surface area contributed by atoms with Crippen LogP contribution in [-0.2, 0) is 32.7 Å². The van der Waals surface area contributed by atoms with Crippen molar-refractivity contribution in [2.24, 2.45) is 0 Å². The van der Waals surface area contributed by atoms with Gasteiger partial charge in [-0.3, -0.25) is 14.2 Å². The fourth-order valence-electron chi connectivity index (χ4n) is 8.62. The molecule has 86 heavy (non-hydrogen) atoms. The number of phosphoric ester groups is 1. The van der Waals surface area contributed by atoms with Gasteiger partial charge in [0.2, 0.25) is 0 Å². The van der Waals surface area contributed by atoms with E-state index in [-0.39, 0.29) is 26.1 Å². The van der Waals surface area contributed by atoms with Crippen LogP contribution in [0.1, 0.15) is 245 Å². The predicted octanol–water partition coefficient (Wildman–Crippen LogP) is 21.5. The lowest BCUT2D eigenvalue weighted by molar-refractivity contribution is -0.870. The molecule has 0 heterocycles. The molecule has 486 valence electrons. The summed E-state index contributed by atoms with van der Waals surface area (Å²) in [5.74, 6) is -0.857. The molecule has 0 aliphatic carbocycles. The number of hydrogen-bond donors (Lipinski definition) is 0. The van der Waals surface area contributed by atoms with Crippen molar-refractivity contribution in [2.45, 2.75) is 251 Å². The first-order chi connectivity index (χ1) is 42.0. The smallest absolute Gasteiger partial charge is 0.306 e. The summed E-state index contributed by atoms with van der Waals surface area (Å²) in [7, 11) is 1.14. The number of rotatable bonds is 60. The van der Waals surface area contributed by atoms with Gasteiger partial charge in [0.1, 0.15) is 19.8 Å². The largest absolute Gasteiger partial charge is 0.756 e. The summed E-state index contributed by atoms with van der Waals surface area (Å²) in [5, 5.41) is 0. The Hall–Kier alpha value is -4.63. The third-order valence-electron chi connectivity index (χ3n) is 13.7. The minimum atomic E-state index is -4.65. The Morgan fingerprint density at radius 1 is 0.360 bits per heavy atom. The lowest BCUT2D eigenvalue weighted by Gasteiger charge is -2.28. The van der Waals surface area contributed by atoms with E-state index in [0.29, 0.717) is 23.9 Å². The number of likely N-dealkylation sites (N-methyl/N-ethyl adjacent to an activating group) is 1. The van der Waals surface area contributed by atoms with Crippen LogP contribution in [0.25, 0.3) is 0 Å². The van der Waals surface area contributed by atoms with Crippen molar-refractivity contribution in [1.82, 2.24) is 0 Å². The summed E-state index contributed by atoms with van der Waals surface area (Å²) in [5.41, 5.74) is 0. The number of carbonyl (C=O) groups is 2. The molecule has 0 fully saturated rings. The van der Waals surface area contributed by atoms with Crippen molar-refractivity contribution in [3.63, 3.8) is 0 Å². The van der Waals surface area contributed by atoms with E-state index in [4.69, 9.17) is 18.5 Å². The maximum Gasteiger partial charge on any atom is 0.306 e. The van der Waals surface area contributed by atoms with Gasteiger partial charge in [-0.15, -0.1) is 0 Å². The van der Waals surface area contributed by atoms with Crippen molar-refractivity contribution in [3.05, 3.63) is 170 Å². The van der Waals surface area contributed by atoms with Crippen molar-refractivity contribution in [2.75, 3.05) is 47.5 Å². The Kier molecular flexibility index (Phi) is 61.3. The second kappa shape index (κ2) is 64.8. The van der Waals surface area contributed by atoms with Crippen LogP contribution in [0.15, 0.2) is 170 Å². The molecule has 10 heteroatoms. The van der Waals surface area contributed by atoms with Gasteiger partial charge in [-0.2, -0.15) is 0 Å². The van der Waals surface area contributed by atoms with Gasteiger partial charge in [0, 0.05) is 12.8 Å². The molecule has 0 amide bonds. The second-order valence-electron chi connectivity index (χ2n) is 23.1. The molecule has 0 saturated carbocycles. The van der Waals surface area contributed by atoms with Gasteiger partial charge in [-0.25, -0.2) is 0 Å². The van der Waals surface area contributed by atoms with Crippen molar-refractivity contribution < 1.29 is 42.1 Å². The average molecular weight is 1210 g/mol. The van der Waals surface area contributed by atoms with Crippen LogP contribution >= 0.6 is 7.82 Å². The van der Waals surface area contributed by atoms with E-state index in [1.54, 1.807) is 0 Å². The highest BCUT2D eigenvalue weighted by Gasteiger charge is 2.22. The monoisotopic (exact) mass is 1210 g/mol. The second-order valence-corrected chi connectivity index (χ2v) is 24.5. The van der Waals surface area contributed by atoms with E-state index in [1.807, 2.05) is 21.1 Å². The fourth-order valence-corrected chi connectivity index (χ4v) is 9.35. The topological polar surface area (TPSA) is 111 Å². The van der Waals surface area contributed by atoms with Crippen molar-refractivity contribution >= 4 is 19.8 Å². The summed E-state index contributed by atoms with van der Waals surface area (Å²) >= 11 is 0. The van der Waals surface area contributed by atoms with Gasteiger partial charge in [0.05, 0.1) is 27.7 Å². The SMILES string of the molecule is CC/C=C\C/C=C\C/C=C\C/C=C\C/C=C\C/C=C\C/C=C\C/C=C\C/C=C\C/C=C\CCCCCCCCCCCCC(=O)OC(COC(=O)CCCCCCCCCC/C=C\C/C=C\C/C=C\C/C=C\CC)COP(=O)([O-])OCC[N+](C)(C)C. The molecule has 0 bridgehead atoms. The number of phosphoric acid groups is 1. The summed E-state index contributed by atoms with van der Waals surface area (Å²) in [4.78, 5) is 38.0. The number of quaternary nitrogens is 1. The summed E-state index contributed by atoms with van der Waals surface area (Å²) < 4.78 is 34.2. The molecule has 2 atom stereocenters. The van der Waals surface area contributed by atoms with E-state index >= 15 is 0 Å². The number of esters is 2. The van der Waals surface area contributed by atoms with Gasteiger partial charge in [-0.1, -0.05) is 274 Å². The zero-order chi connectivity index (χ0) is 62.6. The Bertz CT molecular complexity index is 2060. The first-order valence-electron chi connectivity index (χ1n) is 33.8. The zero-order valence-corrected chi connectivity index (χ0v) is 56.1. The van der Waals surface area contributed by atoms with E-state index in [9.17, 15) is 19.0 Å². The van der Waals surface area contributed by atoms with Gasteiger partial charge >= 0.3 is 11.9 Å². The van der Waals surface area contributed by atoms with Gasteiger partial charge < -0.3 is 27.9 Å². The lowest BCUT2D eigenvalue weighted by Crippen LogP contribution is -2.37. The fraction of sp³-hybridized carbons (Fsp3) is 0.605. The van der Waals surface area contributed by atoms with E-state index in [0.717, 1.165) is 141 Å². The zero-order valence-electron chi connectivity index (χ0n) is 55.2. The highest BCUT2D eigenvalue weighted by molar-refractivity contribution is 7.45. The van der Waals surface area contributed by atoms with E-state index in [1.165, 1.54) is 64.2 Å². The Labute approximate surface area is 528 Å². The molecule has 0 N–H and O–H groups in total. The minimum Gasteiger partial charge on any atom is -0.756 e. The molecular formula is C76H124NO8P. The molecule has 0 aromatic carbocycles. The molecule has 0 aliphatic heterocycles. The third kappa shape index (κ3) is 68.5. The van der Waals surface area contributed by atoms with Crippen LogP contribution in [-0.4, -0.2) is 70.0 Å². The molecule has 0 aromatic rings. The van der Waals surface area contributed by atoms with Crippen LogP contribution in [0.2, 0.25) is 0 Å². The van der Waals surface area contributed by atoms with E-state index < -0.39 is 32.5 Å². The first kappa shape index (κ1) is 81.4. The van der Waals surface area contributed by atoms with Crippen LogP contribution in [0, 0.1) is 0 Å². The number of unbranched alkanes of at least 4 members (excludes halogenated alkanes) is 18. The molecule has 0 radical (unpaired) electrons. The Balaban J connectivity index is 4.12. The number of ether oxygens (including phenoxy) is 2. The summed E-state index contributed by atoms with van der Waals surface area (Å²) in [6.45, 7) is 3.98. The minimum absolute atomic E-state index is 0.0415. The van der Waals surface area contributed by atoms with Crippen LogP contribution < -0.4 is 4.89 Å². The number of nitrogens with zero attached hydrogens (tertiary/aromatic N) is 1. The standard InChI is InChI=1S/C76H124NO8P/c1-6-8-10-12-14-16-18-20-22-24-26-28-29-30-31-32-33-34-35-36-37-38-39-40-41-42-43-44-45-46-47-49-51-53-55-57-59-61-63-65-67-69-76(79)85-74(73-84-86(80,81)83-71-70-77(3,4)5)72-82-75(78)68-66-64-62-60-58-56-54-52-50-48-27-25-23-21-19-17-15-13-11-9-7-2/h8-11,14-17,20-23,26-28,30-31,33-34,36-37,39-40,42-43,45-46,48,74H,6-7,12-13,18-19,24-25,29,32,35,38,41,44,47,49-73H2,1-5H3/b10-8-,11-9-,16-14-,17-15-,22-20-,23-21-,28-26-,31-30-,34-33-,37-36-,40-39-,43-42-,46-45-,48-27-. The molecule has 9 nitrogen and oxygen atoms in total. The van der Waals surface area contributed by atoms with Crippen LogP contribution in [0.3, 0.4) is 0 Å². The highest BCUT2D eigenvalue weighted by atomic mass is 31.2. The molecule has 2 unspecified atom stereocenters. The normalized spacial score (nSPS) is 14.3. The Morgan fingerprint density at radius 3 is 0.930 bits per heavy atom. The first-order valence-corrected chi connectivity index (χ1v) is 35.3. The highest BCUT2D eigenvalue weighted by Crippen LogP contribution is 2.38. The number of hydrogen-bond acceptors (Lipinski definition) is 8. The van der Waals surface area contributed by atoms with Gasteiger partial charge in [0.25, 0.3) is 7.82 Å². The molecule has 0 rings (SSSR count). The lowest BCUT2D eigenvalue weighted by atomic mass is 10.0. The molecule has 0 spiro atoms. The van der Waals surface area contributed by atoms with Crippen LogP contribution in [0.4, 0.5) is 0 Å². The average Bonchev–Trinajstić information content (AvgIpc) is 3.70. The summed E-state index contributed by atoms with van der Waals surface area (Å²) in [6.07, 6.45) is 98.5. The maximum absolute atomic E-state index is 12.9. The molecule has 0 aromatic heterocycles. The molecule has 0 saturated heterocycles. The summed E-state index contributed by atoms with van der Waals surface area (Å²) in [6, 6.07) is 0. The van der Waals surface area contributed by atoms with Gasteiger partial charge in [-0.05, 0) is 128 Å². The van der Waals surface area contributed by atoms with Crippen molar-refractivity contribution in [1.29, 1.82) is 0 Å². The predicted molar refractivity (Wildman–Crippen MR) is 369 cm³/mol. The molecule has 0 aliphatic rings. The third-order valence-corrected chi connectivity index (χ3v) is 14.7. The quantitative estimate of drug-likeness (QED) is 0.0195. The Morgan fingerprint density at radius 2 is 0.628 bits per heavy atom. The van der Waals surface area contributed by atoms with Crippen LogP contribution in [0.5, 0.6) is 0 Å². The van der Waals surface area contributed by atoms with Gasteiger partial charge in [0.15, 0.2) is 6.10 Å².